The largest absolute Gasteiger partial charge is 0.497 e. The molecule has 0 radical (unpaired) electrons. The van der Waals surface area contributed by atoms with E-state index >= 15 is 0 Å². The maximum Gasteiger partial charge on any atom is 0.251 e. The van der Waals surface area contributed by atoms with Crippen LogP contribution in [0.1, 0.15) is 22.8 Å². The first-order chi connectivity index (χ1) is 12.4. The third kappa shape index (κ3) is 5.27. The SMILES string of the molecule is COc1ccc(C(=O)NCC(=O)N[C@@H](C)Cc2c(F)cccc2F)cc1. The van der Waals surface area contributed by atoms with Crippen LogP contribution in [-0.2, 0) is 11.2 Å². The lowest BCUT2D eigenvalue weighted by molar-refractivity contribution is -0.120. The Balaban J connectivity index is 1.83. The fraction of sp³-hybridized carbons (Fsp3) is 0.263. The number of hydrogen-bond donors (Lipinski definition) is 2. The molecule has 26 heavy (non-hydrogen) atoms. The summed E-state index contributed by atoms with van der Waals surface area (Å²) in [6.45, 7) is 1.39. The number of benzene rings is 2. The molecule has 0 aliphatic rings. The van der Waals surface area contributed by atoms with E-state index in [0.717, 1.165) is 0 Å². The number of nitrogens with one attached hydrogen (secondary N) is 2. The summed E-state index contributed by atoms with van der Waals surface area (Å²) >= 11 is 0. The van der Waals surface area contributed by atoms with Crippen molar-refractivity contribution in [3.8, 4) is 5.75 Å². The number of carbonyl (C=O) groups excluding carboxylic acids is 2. The van der Waals surface area contributed by atoms with Crippen LogP contribution in [0.25, 0.3) is 0 Å². The highest BCUT2D eigenvalue weighted by Gasteiger charge is 2.15. The molecule has 1 atom stereocenters. The topological polar surface area (TPSA) is 67.4 Å². The summed E-state index contributed by atoms with van der Waals surface area (Å²) in [7, 11) is 1.52. The molecule has 0 saturated heterocycles. The zero-order valence-electron chi connectivity index (χ0n) is 14.5. The van der Waals surface area contributed by atoms with E-state index in [1.807, 2.05) is 0 Å². The summed E-state index contributed by atoms with van der Waals surface area (Å²) in [6.07, 6.45) is 0.0106. The quantitative estimate of drug-likeness (QED) is 0.795. The lowest BCUT2D eigenvalue weighted by Crippen LogP contribution is -2.41. The fourth-order valence-electron chi connectivity index (χ4n) is 2.42. The standard InChI is InChI=1S/C19H20F2N2O3/c1-12(10-15-16(20)4-3-5-17(15)21)23-18(24)11-22-19(25)13-6-8-14(26-2)9-7-13/h3-9,12H,10-11H2,1-2H3,(H,22,25)(H,23,24)/t12-/m0/s1. The smallest absolute Gasteiger partial charge is 0.251 e. The van der Waals surface area contributed by atoms with Crippen LogP contribution in [0.3, 0.4) is 0 Å². The van der Waals surface area contributed by atoms with Crippen LogP contribution < -0.4 is 15.4 Å². The molecule has 0 fully saturated rings. The normalized spacial score (nSPS) is 11.5. The van der Waals surface area contributed by atoms with Crippen molar-refractivity contribution in [3.05, 3.63) is 65.2 Å². The van der Waals surface area contributed by atoms with Gasteiger partial charge in [-0.2, -0.15) is 0 Å². The number of methoxy groups -OCH3 is 1. The molecule has 0 heterocycles. The van der Waals surface area contributed by atoms with Gasteiger partial charge in [-0.1, -0.05) is 6.07 Å². The highest BCUT2D eigenvalue weighted by Crippen LogP contribution is 2.14. The molecule has 2 rings (SSSR count). The minimum Gasteiger partial charge on any atom is -0.497 e. The Kier molecular flexibility index (Phi) is 6.66. The molecule has 0 saturated carbocycles. The van der Waals surface area contributed by atoms with Crippen molar-refractivity contribution < 1.29 is 23.1 Å². The summed E-state index contributed by atoms with van der Waals surface area (Å²) in [4.78, 5) is 23.9. The molecular weight excluding hydrogens is 342 g/mol. The zero-order valence-corrected chi connectivity index (χ0v) is 14.5. The van der Waals surface area contributed by atoms with Gasteiger partial charge >= 0.3 is 0 Å². The van der Waals surface area contributed by atoms with Crippen LogP contribution in [0.5, 0.6) is 5.75 Å². The summed E-state index contributed by atoms with van der Waals surface area (Å²) < 4.78 is 32.3. The average Bonchev–Trinajstić information content (AvgIpc) is 2.63. The van der Waals surface area contributed by atoms with Gasteiger partial charge in [0.2, 0.25) is 5.91 Å². The summed E-state index contributed by atoms with van der Waals surface area (Å²) in [6, 6.07) is 9.56. The van der Waals surface area contributed by atoms with Crippen LogP contribution in [0, 0.1) is 11.6 Å². The molecule has 138 valence electrons. The van der Waals surface area contributed by atoms with Gasteiger partial charge in [0.05, 0.1) is 13.7 Å². The highest BCUT2D eigenvalue weighted by molar-refractivity contribution is 5.96. The minimum absolute atomic E-state index is 0.0106. The van der Waals surface area contributed by atoms with E-state index in [1.165, 1.54) is 25.3 Å². The Morgan fingerprint density at radius 2 is 1.69 bits per heavy atom. The minimum atomic E-state index is -0.654. The van der Waals surface area contributed by atoms with Gasteiger partial charge in [-0.3, -0.25) is 9.59 Å². The molecular formula is C19H20F2N2O3. The maximum absolute atomic E-state index is 13.6. The van der Waals surface area contributed by atoms with Crippen LogP contribution in [0.15, 0.2) is 42.5 Å². The summed E-state index contributed by atoms with van der Waals surface area (Å²) in [5.74, 6) is -1.54. The first-order valence-corrected chi connectivity index (χ1v) is 8.05. The molecule has 5 nitrogen and oxygen atoms in total. The van der Waals surface area contributed by atoms with Crippen molar-refractivity contribution >= 4 is 11.8 Å². The monoisotopic (exact) mass is 362 g/mol. The van der Waals surface area contributed by atoms with Gasteiger partial charge < -0.3 is 15.4 Å². The van der Waals surface area contributed by atoms with Crippen molar-refractivity contribution in [1.29, 1.82) is 0 Å². The van der Waals surface area contributed by atoms with Crippen molar-refractivity contribution in [2.45, 2.75) is 19.4 Å². The molecule has 0 bridgehead atoms. The first-order valence-electron chi connectivity index (χ1n) is 8.05. The van der Waals surface area contributed by atoms with E-state index in [4.69, 9.17) is 4.74 Å². The fourth-order valence-corrected chi connectivity index (χ4v) is 2.42. The summed E-state index contributed by atoms with van der Waals surface area (Å²) in [5, 5.41) is 5.09. The Morgan fingerprint density at radius 1 is 1.08 bits per heavy atom. The summed E-state index contributed by atoms with van der Waals surface area (Å²) in [5.41, 5.74) is 0.308. The van der Waals surface area contributed by atoms with Crippen molar-refractivity contribution in [1.82, 2.24) is 10.6 Å². The second-order valence-electron chi connectivity index (χ2n) is 5.78. The van der Waals surface area contributed by atoms with E-state index in [0.29, 0.717) is 11.3 Å². The van der Waals surface area contributed by atoms with E-state index < -0.39 is 29.5 Å². The maximum atomic E-state index is 13.6. The number of ether oxygens (including phenoxy) is 1. The third-order valence-corrected chi connectivity index (χ3v) is 3.74. The van der Waals surface area contributed by atoms with Crippen LogP contribution >= 0.6 is 0 Å². The zero-order chi connectivity index (χ0) is 19.1. The first kappa shape index (κ1) is 19.4. The van der Waals surface area contributed by atoms with Gasteiger partial charge in [0.25, 0.3) is 5.91 Å². The van der Waals surface area contributed by atoms with E-state index in [9.17, 15) is 18.4 Å². The number of hydrogen-bond acceptors (Lipinski definition) is 3. The van der Waals surface area contributed by atoms with Crippen LogP contribution in [0.4, 0.5) is 8.78 Å². The molecule has 0 spiro atoms. The van der Waals surface area contributed by atoms with Crippen molar-refractivity contribution in [2.75, 3.05) is 13.7 Å². The van der Waals surface area contributed by atoms with Gasteiger partial charge in [-0.25, -0.2) is 8.78 Å². The second kappa shape index (κ2) is 8.94. The number of halogens is 2. The number of rotatable bonds is 7. The van der Waals surface area contributed by atoms with E-state index in [1.54, 1.807) is 31.2 Å². The molecule has 0 unspecified atom stereocenters. The average molecular weight is 362 g/mol. The van der Waals surface area contributed by atoms with E-state index in [2.05, 4.69) is 10.6 Å². The predicted molar refractivity (Wildman–Crippen MR) is 93.0 cm³/mol. The molecule has 2 aromatic carbocycles. The molecule has 7 heteroatoms. The van der Waals surface area contributed by atoms with Crippen molar-refractivity contribution in [3.63, 3.8) is 0 Å². The van der Waals surface area contributed by atoms with Gasteiger partial charge in [0.1, 0.15) is 17.4 Å². The highest BCUT2D eigenvalue weighted by atomic mass is 19.1. The van der Waals surface area contributed by atoms with Gasteiger partial charge in [-0.05, 0) is 49.7 Å². The van der Waals surface area contributed by atoms with Gasteiger partial charge in [-0.15, -0.1) is 0 Å². The van der Waals surface area contributed by atoms with Gasteiger partial charge in [0, 0.05) is 17.2 Å². The third-order valence-electron chi connectivity index (χ3n) is 3.74. The van der Waals surface area contributed by atoms with Gasteiger partial charge in [0.15, 0.2) is 0 Å². The predicted octanol–water partition coefficient (Wildman–Crippen LogP) is 2.45. The van der Waals surface area contributed by atoms with Crippen LogP contribution in [-0.4, -0.2) is 31.5 Å². The Hall–Kier alpha value is -2.96. The Labute approximate surface area is 150 Å². The molecule has 0 aliphatic heterocycles. The second-order valence-corrected chi connectivity index (χ2v) is 5.78. The lowest BCUT2D eigenvalue weighted by atomic mass is 10.1. The molecule has 2 aromatic rings. The lowest BCUT2D eigenvalue weighted by Gasteiger charge is -2.15. The van der Waals surface area contributed by atoms with Crippen molar-refractivity contribution in [2.24, 2.45) is 0 Å². The Morgan fingerprint density at radius 3 is 2.27 bits per heavy atom. The molecule has 2 amide bonds. The number of carbonyl (C=O) groups is 2. The Bertz CT molecular complexity index is 759. The van der Waals surface area contributed by atoms with Crippen LogP contribution in [0.2, 0.25) is 0 Å². The number of amides is 2. The van der Waals surface area contributed by atoms with E-state index in [-0.39, 0.29) is 18.5 Å². The molecule has 2 N–H and O–H groups in total. The molecule has 0 aliphatic carbocycles. The molecule has 0 aromatic heterocycles.